The maximum atomic E-state index is 12.8. The van der Waals surface area contributed by atoms with Crippen LogP contribution in [0.1, 0.15) is 31.2 Å². The summed E-state index contributed by atoms with van der Waals surface area (Å²) in [6.07, 6.45) is 5.55. The quantitative estimate of drug-likeness (QED) is 0.718. The van der Waals surface area contributed by atoms with Gasteiger partial charge in [0.1, 0.15) is 5.75 Å². The lowest BCUT2D eigenvalue weighted by Crippen LogP contribution is -2.31. The molecular weight excluding hydrogens is 416 g/mol. The van der Waals surface area contributed by atoms with Crippen molar-refractivity contribution < 1.29 is 13.5 Å². The highest BCUT2D eigenvalue weighted by Crippen LogP contribution is 2.24. The van der Waals surface area contributed by atoms with Crippen molar-refractivity contribution in [1.29, 1.82) is 0 Å². The molecule has 3 rings (SSSR count). The molecule has 0 radical (unpaired) electrons. The molecule has 0 atom stereocenters. The first-order valence-electron chi connectivity index (χ1n) is 8.59. The summed E-state index contributed by atoms with van der Waals surface area (Å²) in [6, 6.07) is 11.6. The third kappa shape index (κ3) is 4.52. The first kappa shape index (κ1) is 19.1. The molecule has 1 fully saturated rings. The number of rotatable bonds is 4. The van der Waals surface area contributed by atoms with Crippen LogP contribution in [0.3, 0.4) is 0 Å². The van der Waals surface area contributed by atoms with Crippen molar-refractivity contribution in [3.05, 3.63) is 52.5 Å². The number of halogens is 1. The number of hydrogen-bond acceptors (Lipinski definition) is 4. The van der Waals surface area contributed by atoms with Crippen LogP contribution in [0.25, 0.3) is 0 Å². The van der Waals surface area contributed by atoms with Crippen LogP contribution in [0, 0.1) is 0 Å². The second kappa shape index (κ2) is 8.33. The van der Waals surface area contributed by atoms with Crippen LogP contribution < -0.4 is 0 Å². The van der Waals surface area contributed by atoms with Gasteiger partial charge in [-0.05, 0) is 55.3 Å². The number of aliphatic imine (C=N–C) groups is 1. The molecule has 0 unspecified atom stereocenters. The largest absolute Gasteiger partial charge is 0.507 e. The number of nitrogens with zero attached hydrogens (tertiary/aromatic N) is 2. The van der Waals surface area contributed by atoms with Crippen molar-refractivity contribution in [2.75, 3.05) is 13.1 Å². The number of sulfonamides is 1. The predicted octanol–water partition coefficient (Wildman–Crippen LogP) is 4.47. The standard InChI is InChI=1S/C19H21BrN2O3S/c20-16-5-10-19(23)15(13-16)14-21-17-6-8-18(9-7-17)26(24,25)22-11-3-1-2-4-12-22/h5-10,13-14,23H,1-4,11-12H2. The average Bonchev–Trinajstić information content (AvgIpc) is 2.93. The van der Waals surface area contributed by atoms with Crippen molar-refractivity contribution in [2.45, 2.75) is 30.6 Å². The van der Waals surface area contributed by atoms with Gasteiger partial charge >= 0.3 is 0 Å². The Morgan fingerprint density at radius 3 is 2.31 bits per heavy atom. The molecule has 0 aromatic heterocycles. The molecule has 0 bridgehead atoms. The Bertz CT molecular complexity index is 888. The first-order valence-corrected chi connectivity index (χ1v) is 10.8. The molecule has 7 heteroatoms. The summed E-state index contributed by atoms with van der Waals surface area (Å²) in [5, 5.41) is 9.83. The van der Waals surface area contributed by atoms with Crippen molar-refractivity contribution in [2.24, 2.45) is 4.99 Å². The molecule has 1 aliphatic rings. The molecule has 0 amide bonds. The molecule has 0 saturated carbocycles. The number of phenolic OH excluding ortho intramolecular Hbond substituents is 1. The maximum Gasteiger partial charge on any atom is 0.243 e. The van der Waals surface area contributed by atoms with Crippen LogP contribution in [0.2, 0.25) is 0 Å². The van der Waals surface area contributed by atoms with E-state index in [0.717, 1.165) is 30.2 Å². The predicted molar refractivity (Wildman–Crippen MR) is 107 cm³/mol. The van der Waals surface area contributed by atoms with Gasteiger partial charge in [0.25, 0.3) is 0 Å². The number of aromatic hydroxyl groups is 1. The highest BCUT2D eigenvalue weighted by Gasteiger charge is 2.24. The Balaban J connectivity index is 1.77. The molecule has 1 saturated heterocycles. The van der Waals surface area contributed by atoms with Gasteiger partial charge in [0, 0.05) is 29.3 Å². The van der Waals surface area contributed by atoms with E-state index < -0.39 is 10.0 Å². The van der Waals surface area contributed by atoms with Gasteiger partial charge in [0.15, 0.2) is 0 Å². The highest BCUT2D eigenvalue weighted by atomic mass is 79.9. The van der Waals surface area contributed by atoms with Gasteiger partial charge in [-0.15, -0.1) is 0 Å². The van der Waals surface area contributed by atoms with E-state index in [2.05, 4.69) is 20.9 Å². The third-order valence-electron chi connectivity index (χ3n) is 4.38. The van der Waals surface area contributed by atoms with Crippen LogP contribution in [-0.2, 0) is 10.0 Å². The Labute approximate surface area is 162 Å². The molecule has 26 heavy (non-hydrogen) atoms. The van der Waals surface area contributed by atoms with Crippen LogP contribution in [0.15, 0.2) is 56.8 Å². The topological polar surface area (TPSA) is 70.0 Å². The van der Waals surface area contributed by atoms with E-state index in [1.54, 1.807) is 53.0 Å². The van der Waals surface area contributed by atoms with E-state index in [-0.39, 0.29) is 5.75 Å². The van der Waals surface area contributed by atoms with Crippen LogP contribution in [-0.4, -0.2) is 37.1 Å². The molecule has 1 N–H and O–H groups in total. The van der Waals surface area contributed by atoms with Gasteiger partial charge in [-0.1, -0.05) is 28.8 Å². The van der Waals surface area contributed by atoms with Gasteiger partial charge in [-0.3, -0.25) is 4.99 Å². The molecule has 1 aliphatic heterocycles. The first-order chi connectivity index (χ1) is 12.5. The zero-order chi connectivity index (χ0) is 18.6. The van der Waals surface area contributed by atoms with E-state index in [9.17, 15) is 13.5 Å². The molecule has 5 nitrogen and oxygen atoms in total. The van der Waals surface area contributed by atoms with Gasteiger partial charge in [0.2, 0.25) is 10.0 Å². The van der Waals surface area contributed by atoms with Crippen molar-refractivity contribution >= 4 is 37.9 Å². The van der Waals surface area contributed by atoms with Crippen molar-refractivity contribution in [1.82, 2.24) is 4.31 Å². The molecule has 0 aliphatic carbocycles. The SMILES string of the molecule is O=S(=O)(c1ccc(N=Cc2cc(Br)ccc2O)cc1)N1CCCCCC1. The zero-order valence-corrected chi connectivity index (χ0v) is 16.7. The summed E-state index contributed by atoms with van der Waals surface area (Å²) in [4.78, 5) is 4.61. The molecular formula is C19H21BrN2O3S. The van der Waals surface area contributed by atoms with E-state index >= 15 is 0 Å². The van der Waals surface area contributed by atoms with Gasteiger partial charge in [-0.25, -0.2) is 8.42 Å². The third-order valence-corrected chi connectivity index (χ3v) is 6.79. The van der Waals surface area contributed by atoms with Gasteiger partial charge in [0.05, 0.1) is 10.6 Å². The van der Waals surface area contributed by atoms with Crippen molar-refractivity contribution in [3.63, 3.8) is 0 Å². The van der Waals surface area contributed by atoms with Crippen molar-refractivity contribution in [3.8, 4) is 5.75 Å². The average molecular weight is 437 g/mol. The fourth-order valence-corrected chi connectivity index (χ4v) is 4.80. The minimum absolute atomic E-state index is 0.136. The van der Waals surface area contributed by atoms with E-state index in [1.807, 2.05) is 0 Å². The van der Waals surface area contributed by atoms with Gasteiger partial charge < -0.3 is 5.11 Å². The maximum absolute atomic E-state index is 12.8. The minimum Gasteiger partial charge on any atom is -0.507 e. The minimum atomic E-state index is -3.45. The smallest absolute Gasteiger partial charge is 0.243 e. The lowest BCUT2D eigenvalue weighted by atomic mass is 10.2. The van der Waals surface area contributed by atoms with Crippen LogP contribution >= 0.6 is 15.9 Å². The Morgan fingerprint density at radius 1 is 1.00 bits per heavy atom. The fraction of sp³-hybridized carbons (Fsp3) is 0.316. The van der Waals surface area contributed by atoms with Crippen LogP contribution in [0.5, 0.6) is 5.75 Å². The second-order valence-electron chi connectivity index (χ2n) is 6.27. The highest BCUT2D eigenvalue weighted by molar-refractivity contribution is 9.10. The Hall–Kier alpha value is -1.70. The van der Waals surface area contributed by atoms with Crippen LogP contribution in [0.4, 0.5) is 5.69 Å². The lowest BCUT2D eigenvalue weighted by Gasteiger charge is -2.19. The summed E-state index contributed by atoms with van der Waals surface area (Å²) in [5.41, 5.74) is 1.21. The lowest BCUT2D eigenvalue weighted by molar-refractivity contribution is 0.424. The Kier molecular flexibility index (Phi) is 6.11. The second-order valence-corrected chi connectivity index (χ2v) is 9.13. The summed E-state index contributed by atoms with van der Waals surface area (Å²) in [6.45, 7) is 1.18. The Morgan fingerprint density at radius 2 is 1.65 bits per heavy atom. The molecule has 2 aromatic rings. The zero-order valence-electron chi connectivity index (χ0n) is 14.3. The normalized spacial score (nSPS) is 16.7. The monoisotopic (exact) mass is 436 g/mol. The summed E-state index contributed by atoms with van der Waals surface area (Å²) < 4.78 is 27.9. The summed E-state index contributed by atoms with van der Waals surface area (Å²) >= 11 is 3.35. The summed E-state index contributed by atoms with van der Waals surface area (Å²) in [5.74, 6) is 0.136. The molecule has 1 heterocycles. The van der Waals surface area contributed by atoms with E-state index in [1.165, 1.54) is 0 Å². The summed E-state index contributed by atoms with van der Waals surface area (Å²) in [7, 11) is -3.45. The molecule has 0 spiro atoms. The number of phenols is 1. The number of benzene rings is 2. The van der Waals surface area contributed by atoms with Gasteiger partial charge in [-0.2, -0.15) is 4.31 Å². The molecule has 138 valence electrons. The number of hydrogen-bond donors (Lipinski definition) is 1. The fourth-order valence-electron chi connectivity index (χ4n) is 2.91. The van der Waals surface area contributed by atoms with E-state index in [0.29, 0.717) is 29.2 Å². The van der Waals surface area contributed by atoms with E-state index in [4.69, 9.17) is 0 Å². The molecule has 2 aromatic carbocycles.